The fourth-order valence-corrected chi connectivity index (χ4v) is 3.70. The molecule has 1 aliphatic rings. The number of hydrogen-bond acceptors (Lipinski definition) is 5. The lowest BCUT2D eigenvalue weighted by Gasteiger charge is -2.33. The molecule has 0 N–H and O–H groups in total. The van der Waals surface area contributed by atoms with Gasteiger partial charge in [0.1, 0.15) is 18.2 Å². The Labute approximate surface area is 150 Å². The van der Waals surface area contributed by atoms with Crippen molar-refractivity contribution in [1.29, 1.82) is 5.26 Å². The standard InChI is InChI=1S/C19H19FN6/c1-13-7-18(26-19(24-13)22-12-23-26)16-3-2-6-25(11-16)10-14-4-5-15(9-21)17(20)8-14/h4-5,7-8,12,16H,2-3,6,10-11H2,1H3. The van der Waals surface area contributed by atoms with Crippen LogP contribution in [0.2, 0.25) is 0 Å². The number of halogens is 1. The van der Waals surface area contributed by atoms with Crippen molar-refractivity contribution in [3.63, 3.8) is 0 Å². The van der Waals surface area contributed by atoms with Gasteiger partial charge in [0.25, 0.3) is 5.78 Å². The average Bonchev–Trinajstić information content (AvgIpc) is 3.09. The third-order valence-corrected chi connectivity index (χ3v) is 4.89. The highest BCUT2D eigenvalue weighted by Crippen LogP contribution is 2.28. The van der Waals surface area contributed by atoms with Gasteiger partial charge in [-0.25, -0.2) is 13.9 Å². The molecule has 0 amide bonds. The first-order valence-corrected chi connectivity index (χ1v) is 8.72. The second kappa shape index (κ2) is 6.81. The molecular formula is C19H19FN6. The van der Waals surface area contributed by atoms with Crippen LogP contribution in [0.4, 0.5) is 4.39 Å². The monoisotopic (exact) mass is 350 g/mol. The van der Waals surface area contributed by atoms with Gasteiger partial charge in [-0.15, -0.1) is 0 Å². The molecular weight excluding hydrogens is 331 g/mol. The molecule has 6 nitrogen and oxygen atoms in total. The molecule has 132 valence electrons. The van der Waals surface area contributed by atoms with Gasteiger partial charge in [-0.1, -0.05) is 6.07 Å². The Bertz CT molecular complexity index is 989. The topological polar surface area (TPSA) is 70.1 Å². The number of likely N-dealkylation sites (tertiary alicyclic amines) is 1. The van der Waals surface area contributed by atoms with Gasteiger partial charge in [0, 0.05) is 24.7 Å². The number of piperidine rings is 1. The molecule has 4 rings (SSSR count). The van der Waals surface area contributed by atoms with Crippen molar-refractivity contribution in [1.82, 2.24) is 24.5 Å². The van der Waals surface area contributed by atoms with E-state index in [1.165, 1.54) is 12.4 Å². The van der Waals surface area contributed by atoms with E-state index < -0.39 is 5.82 Å². The van der Waals surface area contributed by atoms with Crippen molar-refractivity contribution >= 4 is 5.78 Å². The smallest absolute Gasteiger partial charge is 0.252 e. The molecule has 3 aromatic rings. The minimum Gasteiger partial charge on any atom is -0.298 e. The molecule has 7 heteroatoms. The van der Waals surface area contributed by atoms with Crippen molar-refractivity contribution in [2.45, 2.75) is 32.2 Å². The van der Waals surface area contributed by atoms with Crippen LogP contribution in [0.15, 0.2) is 30.6 Å². The van der Waals surface area contributed by atoms with Crippen LogP contribution in [0.25, 0.3) is 5.78 Å². The maximum absolute atomic E-state index is 13.9. The van der Waals surface area contributed by atoms with E-state index in [1.54, 1.807) is 6.07 Å². The first-order valence-electron chi connectivity index (χ1n) is 8.72. The number of rotatable bonds is 3. The largest absolute Gasteiger partial charge is 0.298 e. The molecule has 26 heavy (non-hydrogen) atoms. The summed E-state index contributed by atoms with van der Waals surface area (Å²) in [7, 11) is 0. The predicted octanol–water partition coefficient (Wildman–Crippen LogP) is 2.82. The normalized spacial score (nSPS) is 18.1. The van der Waals surface area contributed by atoms with Gasteiger partial charge in [0.2, 0.25) is 0 Å². The number of aromatic nitrogens is 4. The predicted molar refractivity (Wildman–Crippen MR) is 93.9 cm³/mol. The summed E-state index contributed by atoms with van der Waals surface area (Å²) < 4.78 is 15.7. The Hall–Kier alpha value is -2.85. The number of fused-ring (bicyclic) bond motifs is 1. The van der Waals surface area contributed by atoms with Crippen LogP contribution in [-0.4, -0.2) is 37.6 Å². The second-order valence-electron chi connectivity index (χ2n) is 6.79. The Morgan fingerprint density at radius 1 is 1.35 bits per heavy atom. The molecule has 1 aliphatic heterocycles. The summed E-state index contributed by atoms with van der Waals surface area (Å²) in [6, 6.07) is 8.80. The van der Waals surface area contributed by atoms with E-state index in [-0.39, 0.29) is 5.56 Å². The fourth-order valence-electron chi connectivity index (χ4n) is 3.70. The third-order valence-electron chi connectivity index (χ3n) is 4.89. The van der Waals surface area contributed by atoms with Crippen LogP contribution in [-0.2, 0) is 6.54 Å². The Kier molecular flexibility index (Phi) is 4.35. The van der Waals surface area contributed by atoms with E-state index >= 15 is 0 Å². The molecule has 1 atom stereocenters. The van der Waals surface area contributed by atoms with Crippen LogP contribution >= 0.6 is 0 Å². The SMILES string of the molecule is Cc1cc(C2CCCN(Cc3ccc(C#N)c(F)c3)C2)n2ncnc2n1. The minimum absolute atomic E-state index is 0.0890. The molecule has 3 heterocycles. The van der Waals surface area contributed by atoms with Crippen molar-refractivity contribution in [3.05, 3.63) is 58.9 Å². The summed E-state index contributed by atoms with van der Waals surface area (Å²) in [5.74, 6) is 0.511. The number of hydrogen-bond donors (Lipinski definition) is 0. The molecule has 0 spiro atoms. The molecule has 1 fully saturated rings. The van der Waals surface area contributed by atoms with Crippen molar-refractivity contribution in [2.75, 3.05) is 13.1 Å². The quantitative estimate of drug-likeness (QED) is 0.726. The molecule has 0 bridgehead atoms. The third kappa shape index (κ3) is 3.16. The number of nitrogens with zero attached hydrogens (tertiary/aromatic N) is 6. The average molecular weight is 350 g/mol. The van der Waals surface area contributed by atoms with Gasteiger partial charge in [-0.3, -0.25) is 4.90 Å². The highest BCUT2D eigenvalue weighted by molar-refractivity contribution is 5.34. The lowest BCUT2D eigenvalue weighted by atomic mass is 9.93. The number of nitriles is 1. The maximum Gasteiger partial charge on any atom is 0.252 e. The fraction of sp³-hybridized carbons (Fsp3) is 0.368. The molecule has 0 radical (unpaired) electrons. The van der Waals surface area contributed by atoms with E-state index in [0.29, 0.717) is 18.2 Å². The van der Waals surface area contributed by atoms with Gasteiger partial charge >= 0.3 is 0 Å². The van der Waals surface area contributed by atoms with E-state index in [9.17, 15) is 4.39 Å². The molecule has 1 saturated heterocycles. The van der Waals surface area contributed by atoms with Crippen molar-refractivity contribution in [2.24, 2.45) is 0 Å². The zero-order chi connectivity index (χ0) is 18.1. The van der Waals surface area contributed by atoms with Crippen molar-refractivity contribution < 1.29 is 4.39 Å². The highest BCUT2D eigenvalue weighted by Gasteiger charge is 2.24. The van der Waals surface area contributed by atoms with E-state index in [1.807, 2.05) is 23.6 Å². The number of benzene rings is 1. The molecule has 2 aromatic heterocycles. The van der Waals surface area contributed by atoms with Gasteiger partial charge in [0.05, 0.1) is 11.3 Å². The van der Waals surface area contributed by atoms with Crippen LogP contribution in [0.3, 0.4) is 0 Å². The highest BCUT2D eigenvalue weighted by atomic mass is 19.1. The van der Waals surface area contributed by atoms with Crippen LogP contribution in [0.5, 0.6) is 0 Å². The summed E-state index contributed by atoms with van der Waals surface area (Å²) in [5, 5.41) is 13.2. The van der Waals surface area contributed by atoms with Gasteiger partial charge in [0.15, 0.2) is 0 Å². The lowest BCUT2D eigenvalue weighted by molar-refractivity contribution is 0.197. The zero-order valence-electron chi connectivity index (χ0n) is 14.6. The zero-order valence-corrected chi connectivity index (χ0v) is 14.6. The second-order valence-corrected chi connectivity index (χ2v) is 6.79. The summed E-state index contributed by atoms with van der Waals surface area (Å²) in [6.07, 6.45) is 3.68. The first-order chi connectivity index (χ1) is 12.6. The van der Waals surface area contributed by atoms with Gasteiger partial charge in [-0.05, 0) is 50.1 Å². The number of aryl methyl sites for hydroxylation is 1. The van der Waals surface area contributed by atoms with Crippen LogP contribution < -0.4 is 0 Å². The summed E-state index contributed by atoms with van der Waals surface area (Å²) in [5.41, 5.74) is 3.04. The Morgan fingerprint density at radius 3 is 3.04 bits per heavy atom. The summed E-state index contributed by atoms with van der Waals surface area (Å²) in [4.78, 5) is 10.9. The first kappa shape index (κ1) is 16.6. The maximum atomic E-state index is 13.9. The van der Waals surface area contributed by atoms with E-state index in [2.05, 4.69) is 26.0 Å². The van der Waals surface area contributed by atoms with Crippen LogP contribution in [0.1, 0.15) is 41.3 Å². The van der Waals surface area contributed by atoms with E-state index in [0.717, 1.165) is 42.9 Å². The molecule has 0 saturated carbocycles. The van der Waals surface area contributed by atoms with Crippen LogP contribution in [0, 0.1) is 24.1 Å². The summed E-state index contributed by atoms with van der Waals surface area (Å²) >= 11 is 0. The Morgan fingerprint density at radius 2 is 2.23 bits per heavy atom. The Balaban J connectivity index is 1.55. The van der Waals surface area contributed by atoms with Gasteiger partial charge < -0.3 is 0 Å². The lowest BCUT2D eigenvalue weighted by Crippen LogP contribution is -2.34. The van der Waals surface area contributed by atoms with E-state index in [4.69, 9.17) is 5.26 Å². The summed E-state index contributed by atoms with van der Waals surface area (Å²) in [6.45, 7) is 4.49. The molecule has 1 aromatic carbocycles. The molecule has 0 aliphatic carbocycles. The van der Waals surface area contributed by atoms with Crippen molar-refractivity contribution in [3.8, 4) is 6.07 Å². The minimum atomic E-state index is -0.451. The molecule has 1 unspecified atom stereocenters. The van der Waals surface area contributed by atoms with Gasteiger partial charge in [-0.2, -0.15) is 15.3 Å².